The topological polar surface area (TPSA) is 58.5 Å². The molecule has 0 bridgehead atoms. The van der Waals surface area contributed by atoms with Gasteiger partial charge in [0.05, 0.1) is 11.1 Å². The van der Waals surface area contributed by atoms with Gasteiger partial charge in [0.15, 0.2) is 5.96 Å². The first-order valence-corrected chi connectivity index (χ1v) is 9.99. The number of nitrogens with zero attached hydrogens (tertiary/aromatic N) is 2. The van der Waals surface area contributed by atoms with Gasteiger partial charge in [-0.05, 0) is 39.5 Å². The summed E-state index contributed by atoms with van der Waals surface area (Å²) in [5.74, 6) is 1.43. The summed E-state index contributed by atoms with van der Waals surface area (Å²) in [6.07, 6.45) is 3.32. The van der Waals surface area contributed by atoms with Crippen LogP contribution >= 0.6 is 11.3 Å². The highest BCUT2D eigenvalue weighted by Gasteiger charge is 2.12. The Labute approximate surface area is 151 Å². The van der Waals surface area contributed by atoms with Gasteiger partial charge in [0.2, 0.25) is 0 Å². The van der Waals surface area contributed by atoms with Crippen molar-refractivity contribution in [2.24, 2.45) is 10.9 Å². The van der Waals surface area contributed by atoms with Gasteiger partial charge in [0, 0.05) is 43.7 Å². The standard InChI is InChI=1S/C18H34N4OS/c1-6-19-18(21-12-10-16(14(3)4)23-7-2)20-11-8-9-17-22-15(5)13-24-17/h13-14,16H,6-12H2,1-5H3,(H2,19,20,21). The third kappa shape index (κ3) is 8.64. The first-order chi connectivity index (χ1) is 11.6. The Balaban J connectivity index is 2.33. The molecule has 0 amide bonds. The third-order valence-corrected chi connectivity index (χ3v) is 4.70. The van der Waals surface area contributed by atoms with Crippen LogP contribution < -0.4 is 10.6 Å². The van der Waals surface area contributed by atoms with Gasteiger partial charge in [0.25, 0.3) is 0 Å². The maximum Gasteiger partial charge on any atom is 0.191 e. The van der Waals surface area contributed by atoms with E-state index >= 15 is 0 Å². The zero-order valence-corrected chi connectivity index (χ0v) is 16.7. The first-order valence-electron chi connectivity index (χ1n) is 9.11. The first kappa shape index (κ1) is 20.9. The zero-order valence-electron chi connectivity index (χ0n) is 15.9. The van der Waals surface area contributed by atoms with Crippen LogP contribution in [0.4, 0.5) is 0 Å². The largest absolute Gasteiger partial charge is 0.378 e. The summed E-state index contributed by atoms with van der Waals surface area (Å²) in [5, 5.41) is 10.0. The normalized spacial score (nSPS) is 13.3. The molecule has 0 saturated carbocycles. The Morgan fingerprint density at radius 1 is 1.33 bits per heavy atom. The molecule has 0 saturated heterocycles. The summed E-state index contributed by atoms with van der Waals surface area (Å²) in [7, 11) is 0. The molecule has 0 spiro atoms. The molecular formula is C18H34N4OS. The molecule has 5 nitrogen and oxygen atoms in total. The van der Waals surface area contributed by atoms with E-state index in [-0.39, 0.29) is 0 Å². The van der Waals surface area contributed by atoms with Crippen molar-refractivity contribution in [3.05, 3.63) is 16.1 Å². The molecule has 1 unspecified atom stereocenters. The highest BCUT2D eigenvalue weighted by molar-refractivity contribution is 7.09. The van der Waals surface area contributed by atoms with Crippen molar-refractivity contribution >= 4 is 17.3 Å². The van der Waals surface area contributed by atoms with Crippen molar-refractivity contribution in [3.8, 4) is 0 Å². The van der Waals surface area contributed by atoms with Crippen LogP contribution in [0.15, 0.2) is 10.4 Å². The summed E-state index contributed by atoms with van der Waals surface area (Å²) in [4.78, 5) is 9.14. The second-order valence-corrected chi connectivity index (χ2v) is 7.14. The van der Waals surface area contributed by atoms with Crippen molar-refractivity contribution in [2.45, 2.75) is 60.0 Å². The van der Waals surface area contributed by atoms with E-state index in [9.17, 15) is 0 Å². The van der Waals surface area contributed by atoms with Gasteiger partial charge in [-0.1, -0.05) is 13.8 Å². The average molecular weight is 355 g/mol. The predicted octanol–water partition coefficient (Wildman–Crippen LogP) is 3.39. The number of aryl methyl sites for hydroxylation is 2. The molecule has 2 N–H and O–H groups in total. The zero-order chi connectivity index (χ0) is 17.8. The molecule has 24 heavy (non-hydrogen) atoms. The molecule has 138 valence electrons. The second-order valence-electron chi connectivity index (χ2n) is 6.20. The fraction of sp³-hybridized carbons (Fsp3) is 0.778. The van der Waals surface area contributed by atoms with Crippen molar-refractivity contribution in [1.29, 1.82) is 0 Å². The lowest BCUT2D eigenvalue weighted by Crippen LogP contribution is -2.39. The molecular weight excluding hydrogens is 320 g/mol. The Hall–Kier alpha value is -1.14. The number of hydrogen-bond donors (Lipinski definition) is 2. The quantitative estimate of drug-likeness (QED) is 0.363. The summed E-state index contributed by atoms with van der Waals surface area (Å²) < 4.78 is 5.79. The highest BCUT2D eigenvalue weighted by atomic mass is 32.1. The van der Waals surface area contributed by atoms with E-state index in [0.29, 0.717) is 12.0 Å². The Kier molecular flexibility index (Phi) is 10.7. The van der Waals surface area contributed by atoms with E-state index in [0.717, 1.165) is 57.2 Å². The smallest absolute Gasteiger partial charge is 0.191 e. The molecule has 0 aliphatic heterocycles. The van der Waals surface area contributed by atoms with Gasteiger partial charge in [-0.25, -0.2) is 4.98 Å². The molecule has 1 rings (SSSR count). The van der Waals surface area contributed by atoms with Crippen LogP contribution in [-0.2, 0) is 11.2 Å². The van der Waals surface area contributed by atoms with Crippen LogP contribution in [0, 0.1) is 12.8 Å². The van der Waals surface area contributed by atoms with Crippen LogP contribution in [0.2, 0.25) is 0 Å². The highest BCUT2D eigenvalue weighted by Crippen LogP contribution is 2.11. The number of nitrogens with one attached hydrogen (secondary N) is 2. The lowest BCUT2D eigenvalue weighted by atomic mass is 10.0. The summed E-state index contributed by atoms with van der Waals surface area (Å²) in [5.41, 5.74) is 1.11. The van der Waals surface area contributed by atoms with Gasteiger partial charge < -0.3 is 15.4 Å². The van der Waals surface area contributed by atoms with Crippen LogP contribution in [0.1, 0.15) is 51.2 Å². The van der Waals surface area contributed by atoms with Crippen LogP contribution in [0.5, 0.6) is 0 Å². The van der Waals surface area contributed by atoms with E-state index < -0.39 is 0 Å². The molecule has 1 aromatic heterocycles. The van der Waals surface area contributed by atoms with Gasteiger partial charge in [-0.15, -0.1) is 11.3 Å². The van der Waals surface area contributed by atoms with E-state index in [1.807, 2.05) is 6.92 Å². The van der Waals surface area contributed by atoms with Gasteiger partial charge in [-0.3, -0.25) is 4.99 Å². The van der Waals surface area contributed by atoms with E-state index in [1.165, 1.54) is 5.01 Å². The third-order valence-electron chi connectivity index (χ3n) is 3.68. The average Bonchev–Trinajstić information content (AvgIpc) is 2.95. The minimum Gasteiger partial charge on any atom is -0.378 e. The monoisotopic (exact) mass is 354 g/mol. The SMILES string of the molecule is CCNC(=NCCCc1nc(C)cs1)NCCC(OCC)C(C)C. The fourth-order valence-corrected chi connectivity index (χ4v) is 3.25. The molecule has 0 aromatic carbocycles. The molecule has 1 heterocycles. The number of guanidine groups is 1. The summed E-state index contributed by atoms with van der Waals surface area (Å²) in [6.45, 7) is 13.9. The molecule has 6 heteroatoms. The maximum absolute atomic E-state index is 5.79. The van der Waals surface area contributed by atoms with Crippen molar-refractivity contribution < 1.29 is 4.74 Å². The van der Waals surface area contributed by atoms with Crippen LogP contribution in [-0.4, -0.2) is 43.3 Å². The number of rotatable bonds is 11. The number of ether oxygens (including phenoxy) is 1. The molecule has 0 aliphatic carbocycles. The molecule has 0 aliphatic rings. The number of aromatic nitrogens is 1. The van der Waals surface area contributed by atoms with E-state index in [2.05, 4.69) is 53.7 Å². The van der Waals surface area contributed by atoms with Gasteiger partial charge in [0.1, 0.15) is 0 Å². The van der Waals surface area contributed by atoms with Crippen molar-refractivity contribution in [3.63, 3.8) is 0 Å². The number of thiazole rings is 1. The lowest BCUT2D eigenvalue weighted by molar-refractivity contribution is 0.0258. The number of hydrogen-bond acceptors (Lipinski definition) is 4. The predicted molar refractivity (Wildman–Crippen MR) is 104 cm³/mol. The summed E-state index contributed by atoms with van der Waals surface area (Å²) >= 11 is 1.74. The second kappa shape index (κ2) is 12.3. The Morgan fingerprint density at radius 2 is 2.12 bits per heavy atom. The lowest BCUT2D eigenvalue weighted by Gasteiger charge is -2.21. The van der Waals surface area contributed by atoms with Crippen LogP contribution in [0.25, 0.3) is 0 Å². The molecule has 1 atom stereocenters. The minimum absolute atomic E-state index is 0.304. The molecule has 1 aromatic rings. The Morgan fingerprint density at radius 3 is 2.71 bits per heavy atom. The van der Waals surface area contributed by atoms with E-state index in [4.69, 9.17) is 4.74 Å². The Bertz CT molecular complexity index is 473. The molecule has 0 fully saturated rings. The fourth-order valence-electron chi connectivity index (χ4n) is 2.44. The number of aliphatic imine (C=N–C) groups is 1. The van der Waals surface area contributed by atoms with Crippen molar-refractivity contribution in [2.75, 3.05) is 26.2 Å². The van der Waals surface area contributed by atoms with Crippen molar-refractivity contribution in [1.82, 2.24) is 15.6 Å². The van der Waals surface area contributed by atoms with Crippen LogP contribution in [0.3, 0.4) is 0 Å². The molecule has 0 radical (unpaired) electrons. The maximum atomic E-state index is 5.79. The van der Waals surface area contributed by atoms with Gasteiger partial charge >= 0.3 is 0 Å². The van der Waals surface area contributed by atoms with E-state index in [1.54, 1.807) is 11.3 Å². The minimum atomic E-state index is 0.304. The summed E-state index contributed by atoms with van der Waals surface area (Å²) in [6, 6.07) is 0. The van der Waals surface area contributed by atoms with Gasteiger partial charge in [-0.2, -0.15) is 0 Å².